The van der Waals surface area contributed by atoms with Gasteiger partial charge in [-0.1, -0.05) is 25.1 Å². The van der Waals surface area contributed by atoms with Gasteiger partial charge >= 0.3 is 0 Å². The summed E-state index contributed by atoms with van der Waals surface area (Å²) < 4.78 is 12.1. The Morgan fingerprint density at radius 2 is 2.03 bits per heavy atom. The average Bonchev–Trinajstić information content (AvgIpc) is 3.02. The summed E-state index contributed by atoms with van der Waals surface area (Å²) in [6, 6.07) is 12.6. The predicted octanol–water partition coefficient (Wildman–Crippen LogP) is 5.74. The Balaban J connectivity index is 1.87. The molecular formula is C23H21BrN2O4S. The number of benzene rings is 2. The molecule has 2 aromatic carbocycles. The number of imide groups is 1. The van der Waals surface area contributed by atoms with Crippen LogP contribution in [0.2, 0.25) is 0 Å². The molecule has 1 saturated heterocycles. The molecule has 2 aromatic rings. The number of ether oxygens (including phenoxy) is 2. The van der Waals surface area contributed by atoms with E-state index in [0.29, 0.717) is 37.6 Å². The van der Waals surface area contributed by atoms with Crippen LogP contribution in [0.25, 0.3) is 6.08 Å². The van der Waals surface area contributed by atoms with Gasteiger partial charge in [0.1, 0.15) is 0 Å². The van der Waals surface area contributed by atoms with Crippen LogP contribution in [0.4, 0.5) is 4.79 Å². The zero-order valence-corrected chi connectivity index (χ0v) is 19.7. The lowest BCUT2D eigenvalue weighted by atomic mass is 10.1. The first-order valence-corrected chi connectivity index (χ1v) is 11.3. The molecule has 1 fully saturated rings. The Labute approximate surface area is 194 Å². The van der Waals surface area contributed by atoms with Gasteiger partial charge in [0, 0.05) is 0 Å². The molecule has 1 heterocycles. The van der Waals surface area contributed by atoms with E-state index < -0.39 is 5.91 Å². The van der Waals surface area contributed by atoms with Crippen molar-refractivity contribution in [1.82, 2.24) is 4.90 Å². The second-order valence-electron chi connectivity index (χ2n) is 6.91. The largest absolute Gasteiger partial charge is 0.493 e. The molecule has 1 aliphatic heterocycles. The number of carbonyl (C=O) groups is 2. The molecule has 8 heteroatoms. The SMILES string of the molecule is CC[C@H](C)Oc1c(Br)cc(/C=C2/SC(=O)N(Cc3ccccc3C#N)C2=O)cc1OC. The molecule has 0 N–H and O–H groups in total. The highest BCUT2D eigenvalue weighted by Crippen LogP contribution is 2.40. The number of rotatable bonds is 7. The molecule has 1 aliphatic rings. The fourth-order valence-electron chi connectivity index (χ4n) is 2.95. The molecule has 0 bridgehead atoms. The standard InChI is InChI=1S/C23H21BrN2O4S/c1-4-14(2)30-21-18(24)9-15(10-19(21)29-3)11-20-22(27)26(23(28)31-20)13-17-8-6-5-7-16(17)12-25/h5-11,14H,4,13H2,1-3H3/b20-11+/t14-/m0/s1. The Morgan fingerprint density at radius 3 is 2.71 bits per heavy atom. The first kappa shape index (κ1) is 22.9. The van der Waals surface area contributed by atoms with Gasteiger partial charge < -0.3 is 9.47 Å². The van der Waals surface area contributed by atoms with Crippen LogP contribution >= 0.6 is 27.7 Å². The monoisotopic (exact) mass is 500 g/mol. The van der Waals surface area contributed by atoms with Crippen molar-refractivity contribution in [3.63, 3.8) is 0 Å². The number of nitriles is 1. The van der Waals surface area contributed by atoms with E-state index in [1.807, 2.05) is 19.9 Å². The highest BCUT2D eigenvalue weighted by atomic mass is 79.9. The van der Waals surface area contributed by atoms with Crippen molar-refractivity contribution >= 4 is 44.9 Å². The van der Waals surface area contributed by atoms with Gasteiger partial charge in [-0.3, -0.25) is 14.5 Å². The second-order valence-corrected chi connectivity index (χ2v) is 8.76. The Bertz CT molecular complexity index is 1090. The topological polar surface area (TPSA) is 79.6 Å². The number of hydrogen-bond acceptors (Lipinski definition) is 6. The molecule has 0 spiro atoms. The Morgan fingerprint density at radius 1 is 1.29 bits per heavy atom. The molecule has 0 aliphatic carbocycles. The summed E-state index contributed by atoms with van der Waals surface area (Å²) in [6.45, 7) is 4.06. The molecule has 160 valence electrons. The third-order valence-corrected chi connectivity index (χ3v) is 6.28. The number of nitrogens with zero attached hydrogens (tertiary/aromatic N) is 2. The summed E-state index contributed by atoms with van der Waals surface area (Å²) in [5.41, 5.74) is 1.77. The van der Waals surface area contributed by atoms with E-state index in [9.17, 15) is 14.9 Å². The van der Waals surface area contributed by atoms with Crippen molar-refractivity contribution < 1.29 is 19.1 Å². The molecular weight excluding hydrogens is 480 g/mol. The first-order valence-electron chi connectivity index (χ1n) is 9.65. The van der Waals surface area contributed by atoms with Crippen molar-refractivity contribution in [2.45, 2.75) is 32.9 Å². The van der Waals surface area contributed by atoms with Gasteiger partial charge in [-0.05, 0) is 76.4 Å². The number of carbonyl (C=O) groups excluding carboxylic acids is 2. The third-order valence-electron chi connectivity index (χ3n) is 4.78. The molecule has 3 rings (SSSR count). The van der Waals surface area contributed by atoms with Gasteiger partial charge in [-0.15, -0.1) is 0 Å². The third kappa shape index (κ3) is 5.12. The molecule has 0 aromatic heterocycles. The second kappa shape index (κ2) is 10.0. The molecule has 0 saturated carbocycles. The van der Waals surface area contributed by atoms with Crippen LogP contribution in [0.3, 0.4) is 0 Å². The summed E-state index contributed by atoms with van der Waals surface area (Å²) in [4.78, 5) is 26.8. The number of hydrogen-bond donors (Lipinski definition) is 0. The van der Waals surface area contributed by atoms with Gasteiger partial charge in [-0.2, -0.15) is 5.26 Å². The fraction of sp³-hybridized carbons (Fsp3) is 0.261. The minimum Gasteiger partial charge on any atom is -0.493 e. The normalized spacial score (nSPS) is 15.8. The average molecular weight is 501 g/mol. The van der Waals surface area contributed by atoms with E-state index in [2.05, 4.69) is 22.0 Å². The number of thioether (sulfide) groups is 1. The zero-order chi connectivity index (χ0) is 22.5. The van der Waals surface area contributed by atoms with Crippen LogP contribution in [0.15, 0.2) is 45.8 Å². The summed E-state index contributed by atoms with van der Waals surface area (Å²) in [5.74, 6) is 0.732. The molecule has 0 unspecified atom stereocenters. The van der Waals surface area contributed by atoms with Gasteiger partial charge in [0.2, 0.25) is 0 Å². The van der Waals surface area contributed by atoms with Crippen molar-refractivity contribution in [2.75, 3.05) is 7.11 Å². The van der Waals surface area contributed by atoms with Gasteiger partial charge in [0.15, 0.2) is 11.5 Å². The smallest absolute Gasteiger partial charge is 0.293 e. The van der Waals surface area contributed by atoms with Crippen LogP contribution in [-0.2, 0) is 11.3 Å². The Kier molecular flexibility index (Phi) is 7.42. The van der Waals surface area contributed by atoms with Crippen LogP contribution < -0.4 is 9.47 Å². The maximum absolute atomic E-state index is 12.9. The first-order chi connectivity index (χ1) is 14.9. The van der Waals surface area contributed by atoms with Crippen LogP contribution in [-0.4, -0.2) is 29.3 Å². The lowest BCUT2D eigenvalue weighted by Crippen LogP contribution is -2.27. The summed E-state index contributed by atoms with van der Waals surface area (Å²) in [5, 5.41) is 8.89. The predicted molar refractivity (Wildman–Crippen MR) is 124 cm³/mol. The van der Waals surface area contributed by atoms with Crippen LogP contribution in [0.5, 0.6) is 11.5 Å². The highest BCUT2D eigenvalue weighted by Gasteiger charge is 2.35. The Hall–Kier alpha value is -2.76. The quantitative estimate of drug-likeness (QED) is 0.450. The van der Waals surface area contributed by atoms with Crippen LogP contribution in [0.1, 0.15) is 37.0 Å². The fourth-order valence-corrected chi connectivity index (χ4v) is 4.34. The van der Waals surface area contributed by atoms with E-state index in [1.165, 1.54) is 0 Å². The van der Waals surface area contributed by atoms with Crippen molar-refractivity contribution in [3.05, 3.63) is 62.5 Å². The molecule has 6 nitrogen and oxygen atoms in total. The van der Waals surface area contributed by atoms with E-state index in [1.54, 1.807) is 43.5 Å². The zero-order valence-electron chi connectivity index (χ0n) is 17.3. The van der Waals surface area contributed by atoms with Gasteiger partial charge in [0.25, 0.3) is 11.1 Å². The van der Waals surface area contributed by atoms with E-state index >= 15 is 0 Å². The molecule has 1 atom stereocenters. The summed E-state index contributed by atoms with van der Waals surface area (Å²) >= 11 is 4.39. The maximum Gasteiger partial charge on any atom is 0.293 e. The van der Waals surface area contributed by atoms with Gasteiger partial charge in [0.05, 0.1) is 40.8 Å². The van der Waals surface area contributed by atoms with E-state index in [-0.39, 0.29) is 17.9 Å². The van der Waals surface area contributed by atoms with E-state index in [4.69, 9.17) is 9.47 Å². The summed E-state index contributed by atoms with van der Waals surface area (Å²) in [7, 11) is 1.55. The van der Waals surface area contributed by atoms with Crippen molar-refractivity contribution in [3.8, 4) is 17.6 Å². The molecule has 0 radical (unpaired) electrons. The maximum atomic E-state index is 12.9. The van der Waals surface area contributed by atoms with Gasteiger partial charge in [-0.25, -0.2) is 0 Å². The van der Waals surface area contributed by atoms with Crippen molar-refractivity contribution in [1.29, 1.82) is 5.26 Å². The summed E-state index contributed by atoms with van der Waals surface area (Å²) in [6.07, 6.45) is 2.52. The van der Waals surface area contributed by atoms with E-state index in [0.717, 1.165) is 23.1 Å². The number of halogens is 1. The number of methoxy groups -OCH3 is 1. The minimum atomic E-state index is -0.391. The van der Waals surface area contributed by atoms with Crippen LogP contribution in [0, 0.1) is 11.3 Å². The number of amides is 2. The molecule has 2 amide bonds. The highest BCUT2D eigenvalue weighted by molar-refractivity contribution is 9.10. The minimum absolute atomic E-state index is 0.0174. The van der Waals surface area contributed by atoms with Crippen molar-refractivity contribution in [2.24, 2.45) is 0 Å². The lowest BCUT2D eigenvalue weighted by Gasteiger charge is -2.17. The lowest BCUT2D eigenvalue weighted by molar-refractivity contribution is -0.123. The molecule has 31 heavy (non-hydrogen) atoms.